The van der Waals surface area contributed by atoms with Crippen LogP contribution in [-0.2, 0) is 29.3 Å². The van der Waals surface area contributed by atoms with Crippen LogP contribution in [0.3, 0.4) is 0 Å². The zero-order valence-electron chi connectivity index (χ0n) is 17.5. The van der Waals surface area contributed by atoms with Gasteiger partial charge in [-0.15, -0.1) is 0 Å². The molecule has 31 heavy (non-hydrogen) atoms. The number of hydrogen-bond donors (Lipinski definition) is 0. The molecule has 0 saturated carbocycles. The maximum absolute atomic E-state index is 11.8. The zero-order valence-corrected chi connectivity index (χ0v) is 18.4. The van der Waals surface area contributed by atoms with Gasteiger partial charge in [0.05, 0.1) is 11.5 Å². The number of rotatable bonds is 5. The van der Waals surface area contributed by atoms with E-state index in [2.05, 4.69) is 51.2 Å². The summed E-state index contributed by atoms with van der Waals surface area (Å²) < 4.78 is 29.8. The molecule has 1 aromatic heterocycles. The third-order valence-electron chi connectivity index (χ3n) is 6.18. The Morgan fingerprint density at radius 2 is 1.81 bits per heavy atom. The second-order valence-electron chi connectivity index (χ2n) is 8.41. The van der Waals surface area contributed by atoms with Gasteiger partial charge in [-0.3, -0.25) is 14.8 Å². The van der Waals surface area contributed by atoms with Crippen LogP contribution in [0.4, 0.5) is 0 Å². The number of ether oxygens (including phenoxy) is 1. The summed E-state index contributed by atoms with van der Waals surface area (Å²) in [6, 6.07) is 16.8. The van der Waals surface area contributed by atoms with Crippen LogP contribution in [0.2, 0.25) is 0 Å². The molecule has 0 radical (unpaired) electrons. The molecule has 162 valence electrons. The molecule has 0 bridgehead atoms. The molecule has 5 rings (SSSR count). The molecule has 0 spiro atoms. The summed E-state index contributed by atoms with van der Waals surface area (Å²) in [5, 5.41) is 1.09. The molecule has 2 aromatic carbocycles. The molecule has 0 aliphatic carbocycles. The van der Waals surface area contributed by atoms with Gasteiger partial charge in [-0.2, -0.15) is 0 Å². The molecular formula is C24H27N3O3S. The Hall–Kier alpha value is -2.48. The molecule has 2 aliphatic heterocycles. The fourth-order valence-corrected chi connectivity index (χ4v) is 5.70. The van der Waals surface area contributed by atoms with E-state index in [4.69, 9.17) is 4.74 Å². The van der Waals surface area contributed by atoms with E-state index >= 15 is 0 Å². The van der Waals surface area contributed by atoms with Crippen molar-refractivity contribution in [2.24, 2.45) is 0 Å². The van der Waals surface area contributed by atoms with E-state index in [1.807, 2.05) is 18.3 Å². The lowest BCUT2D eigenvalue weighted by atomic mass is 10.0. The molecule has 7 heteroatoms. The van der Waals surface area contributed by atoms with Gasteiger partial charge >= 0.3 is 0 Å². The highest BCUT2D eigenvalue weighted by molar-refractivity contribution is 7.91. The molecule has 0 amide bonds. The summed E-state index contributed by atoms with van der Waals surface area (Å²) >= 11 is 0. The molecule has 1 saturated heterocycles. The first kappa shape index (κ1) is 20.4. The van der Waals surface area contributed by atoms with Crippen LogP contribution in [0.15, 0.2) is 54.7 Å². The molecule has 2 aliphatic rings. The number of pyridine rings is 1. The third-order valence-corrected chi connectivity index (χ3v) is 7.79. The van der Waals surface area contributed by atoms with Gasteiger partial charge in [0.25, 0.3) is 0 Å². The van der Waals surface area contributed by atoms with Crippen LogP contribution in [0.25, 0.3) is 10.9 Å². The minimum atomic E-state index is -2.88. The first-order chi connectivity index (χ1) is 15.1. The monoisotopic (exact) mass is 437 g/mol. The summed E-state index contributed by atoms with van der Waals surface area (Å²) in [6.07, 6.45) is 2.80. The Bertz CT molecular complexity index is 1170. The van der Waals surface area contributed by atoms with E-state index in [-0.39, 0.29) is 11.5 Å². The highest BCUT2D eigenvalue weighted by Gasteiger charge is 2.25. The average Bonchev–Trinajstić information content (AvgIpc) is 2.80. The highest BCUT2D eigenvalue weighted by atomic mass is 32.2. The number of benzene rings is 2. The van der Waals surface area contributed by atoms with Crippen molar-refractivity contribution in [2.45, 2.75) is 19.5 Å². The van der Waals surface area contributed by atoms with Crippen molar-refractivity contribution in [2.75, 3.05) is 37.9 Å². The van der Waals surface area contributed by atoms with Crippen LogP contribution in [0.1, 0.15) is 16.7 Å². The normalized spacial score (nSPS) is 19.1. The second kappa shape index (κ2) is 8.57. The standard InChI is InChI=1S/C24H27N3O3S/c28-31(29)13-11-26(12-14-31)16-20-15-21-17-27(10-8-19-5-2-1-3-6-19)18-30-24(21)23-22(20)7-4-9-25-23/h1-7,9,15H,8,10-14,16-18H2. The predicted octanol–water partition coefficient (Wildman–Crippen LogP) is 2.86. The summed E-state index contributed by atoms with van der Waals surface area (Å²) in [5.41, 5.74) is 4.58. The zero-order chi connectivity index (χ0) is 21.3. The van der Waals surface area contributed by atoms with Crippen LogP contribution in [0, 0.1) is 0 Å². The van der Waals surface area contributed by atoms with Crippen LogP contribution in [0.5, 0.6) is 5.75 Å². The first-order valence-electron chi connectivity index (χ1n) is 10.8. The Morgan fingerprint density at radius 3 is 2.61 bits per heavy atom. The van der Waals surface area contributed by atoms with Gasteiger partial charge in [0.2, 0.25) is 0 Å². The minimum Gasteiger partial charge on any atom is -0.475 e. The molecule has 0 atom stereocenters. The van der Waals surface area contributed by atoms with Crippen LogP contribution >= 0.6 is 0 Å². The summed E-state index contributed by atoms with van der Waals surface area (Å²) in [5.74, 6) is 1.37. The molecule has 3 heterocycles. The number of fused-ring (bicyclic) bond motifs is 3. The number of hydrogen-bond acceptors (Lipinski definition) is 6. The first-order valence-corrected chi connectivity index (χ1v) is 12.6. The SMILES string of the molecule is O=S1(=O)CCN(Cc2cc3c(c4ncccc24)OCN(CCc2ccccc2)C3)CC1. The lowest BCUT2D eigenvalue weighted by Crippen LogP contribution is -2.39. The molecular weight excluding hydrogens is 410 g/mol. The van der Waals surface area contributed by atoms with Crippen molar-refractivity contribution in [3.63, 3.8) is 0 Å². The van der Waals surface area contributed by atoms with E-state index in [1.165, 1.54) is 11.1 Å². The lowest BCUT2D eigenvalue weighted by molar-refractivity contribution is 0.0979. The van der Waals surface area contributed by atoms with Gasteiger partial charge in [-0.05, 0) is 29.7 Å². The van der Waals surface area contributed by atoms with E-state index in [0.29, 0.717) is 19.8 Å². The Kier molecular flexibility index (Phi) is 5.65. The van der Waals surface area contributed by atoms with E-state index in [9.17, 15) is 8.42 Å². The largest absolute Gasteiger partial charge is 0.475 e. The maximum Gasteiger partial charge on any atom is 0.152 e. The Morgan fingerprint density at radius 1 is 1.00 bits per heavy atom. The summed E-state index contributed by atoms with van der Waals surface area (Å²) in [4.78, 5) is 9.18. The fourth-order valence-electron chi connectivity index (χ4n) is 4.43. The Labute approximate surface area is 183 Å². The van der Waals surface area contributed by atoms with Crippen molar-refractivity contribution >= 4 is 20.7 Å². The van der Waals surface area contributed by atoms with Crippen molar-refractivity contribution in [3.8, 4) is 5.75 Å². The van der Waals surface area contributed by atoms with Gasteiger partial charge in [0.1, 0.15) is 12.2 Å². The molecule has 1 fully saturated rings. The smallest absolute Gasteiger partial charge is 0.152 e. The van der Waals surface area contributed by atoms with Gasteiger partial charge < -0.3 is 4.74 Å². The molecule has 0 unspecified atom stereocenters. The van der Waals surface area contributed by atoms with Crippen molar-refractivity contribution < 1.29 is 13.2 Å². The van der Waals surface area contributed by atoms with E-state index < -0.39 is 9.84 Å². The van der Waals surface area contributed by atoms with Gasteiger partial charge in [-0.25, -0.2) is 8.42 Å². The number of sulfone groups is 1. The average molecular weight is 438 g/mol. The van der Waals surface area contributed by atoms with Crippen LogP contribution < -0.4 is 4.74 Å². The topological polar surface area (TPSA) is 62.7 Å². The number of aromatic nitrogens is 1. The predicted molar refractivity (Wildman–Crippen MR) is 122 cm³/mol. The highest BCUT2D eigenvalue weighted by Crippen LogP contribution is 2.35. The van der Waals surface area contributed by atoms with E-state index in [1.54, 1.807) is 0 Å². The second-order valence-corrected chi connectivity index (χ2v) is 10.7. The van der Waals surface area contributed by atoms with E-state index in [0.717, 1.165) is 48.3 Å². The summed E-state index contributed by atoms with van der Waals surface area (Å²) in [7, 11) is -2.88. The van der Waals surface area contributed by atoms with Gasteiger partial charge in [-0.1, -0.05) is 36.4 Å². The van der Waals surface area contributed by atoms with Crippen molar-refractivity contribution in [3.05, 3.63) is 71.4 Å². The fraction of sp³-hybridized carbons (Fsp3) is 0.375. The van der Waals surface area contributed by atoms with Crippen LogP contribution in [-0.4, -0.2) is 61.1 Å². The lowest BCUT2D eigenvalue weighted by Gasteiger charge is -2.31. The third kappa shape index (κ3) is 4.59. The van der Waals surface area contributed by atoms with Crippen molar-refractivity contribution in [1.82, 2.24) is 14.8 Å². The maximum atomic E-state index is 11.8. The van der Waals surface area contributed by atoms with Gasteiger partial charge in [0.15, 0.2) is 15.6 Å². The quantitative estimate of drug-likeness (QED) is 0.612. The van der Waals surface area contributed by atoms with Gasteiger partial charge in [0, 0.05) is 49.9 Å². The molecule has 6 nitrogen and oxygen atoms in total. The minimum absolute atomic E-state index is 0.241. The molecule has 0 N–H and O–H groups in total. The Balaban J connectivity index is 1.37. The molecule has 3 aromatic rings. The number of nitrogens with zero attached hydrogens (tertiary/aromatic N) is 3. The summed E-state index contributed by atoms with van der Waals surface area (Å²) in [6.45, 7) is 4.23. The van der Waals surface area contributed by atoms with Crippen molar-refractivity contribution in [1.29, 1.82) is 0 Å².